The molecule has 22 heteroatoms. The molecule has 0 saturated heterocycles. The lowest BCUT2D eigenvalue weighted by molar-refractivity contribution is -0.138. The van der Waals surface area contributed by atoms with E-state index in [1.807, 2.05) is 0 Å². The van der Waals surface area contributed by atoms with Gasteiger partial charge in [0.2, 0.25) is 29.5 Å². The number of nitrogens with two attached hydrogens (primary N) is 1. The van der Waals surface area contributed by atoms with Gasteiger partial charge in [0.05, 0.1) is 25.2 Å². The second-order valence-electron chi connectivity index (χ2n) is 13.6. The van der Waals surface area contributed by atoms with Crippen molar-refractivity contribution in [2.75, 3.05) is 39.9 Å². The number of hydrogen-bond acceptors (Lipinski definition) is 13. The van der Waals surface area contributed by atoms with Gasteiger partial charge in [-0.15, -0.1) is 0 Å². The van der Waals surface area contributed by atoms with E-state index in [0.29, 0.717) is 30.5 Å². The molecule has 332 valence electrons. The van der Waals surface area contributed by atoms with Gasteiger partial charge in [-0.05, 0) is 52.1 Å². The summed E-state index contributed by atoms with van der Waals surface area (Å²) in [5.74, 6) is -7.23. The van der Waals surface area contributed by atoms with Crippen LogP contribution in [0.4, 0.5) is 0 Å². The van der Waals surface area contributed by atoms with E-state index in [0.717, 1.165) is 0 Å². The van der Waals surface area contributed by atoms with E-state index in [2.05, 4.69) is 37.2 Å². The average Bonchev–Trinajstić information content (AvgIpc) is 3.18. The van der Waals surface area contributed by atoms with Crippen molar-refractivity contribution in [3.8, 4) is 0 Å². The van der Waals surface area contributed by atoms with Crippen molar-refractivity contribution in [2.45, 2.75) is 95.8 Å². The molecule has 22 nitrogen and oxygen atoms in total. The van der Waals surface area contributed by atoms with Crippen LogP contribution in [0.1, 0.15) is 81.1 Å². The van der Waals surface area contributed by atoms with E-state index in [1.54, 1.807) is 24.3 Å². The molecule has 5 amide bonds. The summed E-state index contributed by atoms with van der Waals surface area (Å²) >= 11 is 0. The lowest BCUT2D eigenvalue weighted by atomic mass is 10.0. The smallest absolute Gasteiger partial charge is 0.303 e. The Hall–Kier alpha value is -6.29. The van der Waals surface area contributed by atoms with Crippen LogP contribution in [0.15, 0.2) is 24.3 Å². The molecule has 60 heavy (non-hydrogen) atoms. The molecule has 0 bridgehead atoms. The number of amides is 5. The highest BCUT2D eigenvalue weighted by atomic mass is 16.5. The molecule has 0 heterocycles. The number of hydrogen-bond donors (Lipinski definition) is 11. The molecule has 1 rings (SSSR count). The molecule has 12 N–H and O–H groups in total. The Kier molecular flexibility index (Phi) is 24.3. The van der Waals surface area contributed by atoms with Gasteiger partial charge in [0.1, 0.15) is 24.5 Å². The van der Waals surface area contributed by atoms with Gasteiger partial charge in [0.25, 0.3) is 0 Å². The Balaban J connectivity index is 2.86. The number of aliphatic carboxylic acids is 2. The Morgan fingerprint density at radius 2 is 1.27 bits per heavy atom. The Morgan fingerprint density at radius 1 is 0.683 bits per heavy atom. The lowest BCUT2D eigenvalue weighted by Crippen LogP contribution is -2.53. The fourth-order valence-electron chi connectivity index (χ4n) is 5.48. The molecule has 0 aliphatic rings. The van der Waals surface area contributed by atoms with Crippen LogP contribution in [0, 0.1) is 5.41 Å². The zero-order valence-corrected chi connectivity index (χ0v) is 34.0. The zero-order valence-electron chi connectivity index (χ0n) is 34.0. The minimum atomic E-state index is -1.41. The fraction of sp³-hybridized carbons (Fsp3) is 0.553. The molecule has 4 atom stereocenters. The molecule has 0 aliphatic carbocycles. The van der Waals surface area contributed by atoms with Crippen molar-refractivity contribution in [1.29, 1.82) is 5.41 Å². The standard InChI is InChI=1S/C38H57N9O13/c1-22(48)25-8-6-24(7-9-25)19-29(37(59)42-17-18-60-21-33(53)45-26(23(2)49)5-4-16-43-38(39)40)47-32(52)20-44-36(58)28(11-15-35(56)57)46-31(51)13-12-30(50)27(41-3)10-14-34(54)55/h6-9,26-29,41H,4-5,10-21H2,1-3H3,(H,42,59)(H,44,58)(H,45,53)(H,46,51)(H,47,52)(H,54,55)(H,56,57)(H4,39,40,43)/t26-,27+,28+,29+/m0/s1. The predicted octanol–water partition coefficient (Wildman–Crippen LogP) is -2.35. The molecule has 1 aromatic carbocycles. The Morgan fingerprint density at radius 3 is 1.83 bits per heavy atom. The van der Waals surface area contributed by atoms with Crippen molar-refractivity contribution in [1.82, 2.24) is 37.2 Å². The van der Waals surface area contributed by atoms with E-state index in [1.165, 1.54) is 20.9 Å². The SMILES string of the molecule is CN[C@H](CCC(=O)O)C(=O)CCC(=O)N[C@H](CCC(=O)O)C(=O)NCC(=O)N[C@H](Cc1ccc(C(C)=O)cc1)C(=O)NCCOCC(=O)N[C@@H](CCCNC(=N)N)C(C)=O. The van der Waals surface area contributed by atoms with Gasteiger partial charge in [-0.2, -0.15) is 0 Å². The molecule has 0 fully saturated rings. The molecule has 0 unspecified atom stereocenters. The van der Waals surface area contributed by atoms with Crippen LogP contribution >= 0.6 is 0 Å². The third-order valence-electron chi connectivity index (χ3n) is 8.75. The van der Waals surface area contributed by atoms with E-state index < -0.39 is 91.0 Å². The predicted molar refractivity (Wildman–Crippen MR) is 213 cm³/mol. The highest BCUT2D eigenvalue weighted by Gasteiger charge is 2.26. The van der Waals surface area contributed by atoms with Crippen LogP contribution in [0.25, 0.3) is 0 Å². The molecular weight excluding hydrogens is 790 g/mol. The van der Waals surface area contributed by atoms with E-state index in [-0.39, 0.29) is 69.2 Å². The van der Waals surface area contributed by atoms with Gasteiger partial charge in [-0.1, -0.05) is 24.3 Å². The number of carboxylic acid groups (broad SMARTS) is 2. The topological polar surface area (TPSA) is 354 Å². The van der Waals surface area contributed by atoms with Crippen LogP contribution in [0.5, 0.6) is 0 Å². The summed E-state index contributed by atoms with van der Waals surface area (Å²) in [5.41, 5.74) is 6.21. The molecule has 0 radical (unpaired) electrons. The maximum Gasteiger partial charge on any atom is 0.303 e. The van der Waals surface area contributed by atoms with Crippen LogP contribution in [-0.2, 0) is 54.3 Å². The van der Waals surface area contributed by atoms with Crippen molar-refractivity contribution >= 4 is 64.8 Å². The van der Waals surface area contributed by atoms with Gasteiger partial charge < -0.3 is 57.9 Å². The van der Waals surface area contributed by atoms with Gasteiger partial charge in [0, 0.05) is 50.8 Å². The number of ketones is 3. The van der Waals surface area contributed by atoms with Crippen LogP contribution in [0.3, 0.4) is 0 Å². The second kappa shape index (κ2) is 28.2. The van der Waals surface area contributed by atoms with Gasteiger partial charge in [0.15, 0.2) is 17.5 Å². The molecular formula is C38H57N9O13. The first-order valence-electron chi connectivity index (χ1n) is 19.2. The second-order valence-corrected chi connectivity index (χ2v) is 13.6. The summed E-state index contributed by atoms with van der Waals surface area (Å²) in [6.07, 6.45) is -1.14. The zero-order chi connectivity index (χ0) is 45.2. The van der Waals surface area contributed by atoms with Gasteiger partial charge in [-0.25, -0.2) is 0 Å². The minimum Gasteiger partial charge on any atom is -0.481 e. The summed E-state index contributed by atoms with van der Waals surface area (Å²) in [6, 6.07) is 2.07. The highest BCUT2D eigenvalue weighted by molar-refractivity contribution is 5.95. The summed E-state index contributed by atoms with van der Waals surface area (Å²) in [4.78, 5) is 123. The first-order valence-corrected chi connectivity index (χ1v) is 19.2. The number of rotatable bonds is 31. The average molecular weight is 848 g/mol. The Labute approximate surface area is 346 Å². The van der Waals surface area contributed by atoms with Crippen molar-refractivity contribution in [3.05, 3.63) is 35.4 Å². The number of carbonyl (C=O) groups excluding carboxylic acids is 8. The molecule has 0 spiro atoms. The van der Waals surface area contributed by atoms with Gasteiger partial charge >= 0.3 is 11.9 Å². The fourth-order valence-corrected chi connectivity index (χ4v) is 5.48. The number of benzene rings is 1. The highest BCUT2D eigenvalue weighted by Crippen LogP contribution is 2.09. The van der Waals surface area contributed by atoms with Crippen LogP contribution < -0.4 is 43.0 Å². The van der Waals surface area contributed by atoms with E-state index in [4.69, 9.17) is 21.0 Å². The number of carbonyl (C=O) groups is 10. The van der Waals surface area contributed by atoms with E-state index >= 15 is 0 Å². The largest absolute Gasteiger partial charge is 0.481 e. The summed E-state index contributed by atoms with van der Waals surface area (Å²) in [7, 11) is 1.46. The number of nitrogens with one attached hydrogen (secondary N) is 8. The van der Waals surface area contributed by atoms with Crippen molar-refractivity contribution in [2.24, 2.45) is 5.73 Å². The summed E-state index contributed by atoms with van der Waals surface area (Å²) < 4.78 is 5.34. The Bertz CT molecular complexity index is 1690. The molecule has 1 aromatic rings. The van der Waals surface area contributed by atoms with Crippen LogP contribution in [-0.4, -0.2) is 139 Å². The van der Waals surface area contributed by atoms with Crippen LogP contribution in [0.2, 0.25) is 0 Å². The maximum absolute atomic E-state index is 13.3. The first kappa shape index (κ1) is 51.7. The van der Waals surface area contributed by atoms with E-state index in [9.17, 15) is 53.1 Å². The minimum absolute atomic E-state index is 0.00326. The molecule has 0 aliphatic heterocycles. The number of Topliss-reactive ketones (excluding diaryl/α,β-unsaturated/α-hetero) is 3. The first-order chi connectivity index (χ1) is 28.3. The normalized spacial score (nSPS) is 12.7. The van der Waals surface area contributed by atoms with Gasteiger partial charge in [-0.3, -0.25) is 53.4 Å². The summed E-state index contributed by atoms with van der Waals surface area (Å²) in [6.45, 7) is 1.70. The van der Waals surface area contributed by atoms with Crippen molar-refractivity contribution in [3.63, 3.8) is 0 Å². The maximum atomic E-state index is 13.3. The lowest BCUT2D eigenvalue weighted by Gasteiger charge is -2.21. The monoisotopic (exact) mass is 847 g/mol. The molecule has 0 aromatic heterocycles. The quantitative estimate of drug-likeness (QED) is 0.0161. The number of carboxylic acids is 2. The van der Waals surface area contributed by atoms with Crippen molar-refractivity contribution < 1.29 is 62.9 Å². The number of likely N-dealkylation sites (N-methyl/N-ethyl adjacent to an activating group) is 1. The number of ether oxygens (including phenoxy) is 1. The summed E-state index contributed by atoms with van der Waals surface area (Å²) in [5, 5.41) is 42.9. The molecule has 0 saturated carbocycles. The third-order valence-corrected chi connectivity index (χ3v) is 8.75. The number of guanidine groups is 1. The third kappa shape index (κ3) is 22.6.